The minimum atomic E-state index is -0.0350. The van der Waals surface area contributed by atoms with Crippen LogP contribution in [-0.2, 0) is 16.1 Å². The van der Waals surface area contributed by atoms with Crippen LogP contribution in [0.3, 0.4) is 0 Å². The van der Waals surface area contributed by atoms with E-state index in [0.29, 0.717) is 6.61 Å². The third-order valence-electron chi connectivity index (χ3n) is 3.55. The van der Waals surface area contributed by atoms with Crippen molar-refractivity contribution in [2.75, 3.05) is 18.5 Å². The molecule has 1 aromatic rings. The Morgan fingerprint density at radius 3 is 2.89 bits per heavy atom. The van der Waals surface area contributed by atoms with Crippen LogP contribution in [0, 0.1) is 5.92 Å². The number of hydrogen-bond acceptors (Lipinski definition) is 3. The summed E-state index contributed by atoms with van der Waals surface area (Å²) >= 11 is 0. The van der Waals surface area contributed by atoms with E-state index < -0.39 is 0 Å². The van der Waals surface area contributed by atoms with E-state index in [1.807, 2.05) is 31.2 Å². The van der Waals surface area contributed by atoms with Crippen molar-refractivity contribution in [3.05, 3.63) is 29.8 Å². The fourth-order valence-electron chi connectivity index (χ4n) is 2.36. The molecule has 1 heterocycles. The van der Waals surface area contributed by atoms with E-state index in [-0.39, 0.29) is 17.9 Å². The van der Waals surface area contributed by atoms with Crippen LogP contribution in [0.2, 0.25) is 0 Å². The highest BCUT2D eigenvalue weighted by Crippen LogP contribution is 2.23. The number of carbonyl (C=O) groups excluding carboxylic acids is 1. The van der Waals surface area contributed by atoms with Crippen LogP contribution in [0.5, 0.6) is 0 Å². The van der Waals surface area contributed by atoms with Crippen LogP contribution in [0.4, 0.5) is 5.69 Å². The van der Waals surface area contributed by atoms with Crippen molar-refractivity contribution in [1.29, 1.82) is 0 Å². The van der Waals surface area contributed by atoms with Gasteiger partial charge in [0.15, 0.2) is 0 Å². The Labute approximate surface area is 114 Å². The fraction of sp³-hybridized carbons (Fsp3) is 0.533. The number of nitrogens with one attached hydrogen (secondary N) is 2. The van der Waals surface area contributed by atoms with Crippen LogP contribution in [0.15, 0.2) is 24.3 Å². The van der Waals surface area contributed by atoms with Crippen molar-refractivity contribution >= 4 is 11.6 Å². The first kappa shape index (κ1) is 14.0. The predicted molar refractivity (Wildman–Crippen MR) is 76.0 cm³/mol. The molecular weight excluding hydrogens is 240 g/mol. The van der Waals surface area contributed by atoms with Crippen molar-refractivity contribution in [2.24, 2.45) is 5.92 Å². The summed E-state index contributed by atoms with van der Waals surface area (Å²) in [5.41, 5.74) is 2.01. The van der Waals surface area contributed by atoms with Gasteiger partial charge in [-0.05, 0) is 31.5 Å². The number of rotatable bonds is 5. The van der Waals surface area contributed by atoms with Gasteiger partial charge in [0.25, 0.3) is 0 Å². The lowest BCUT2D eigenvalue weighted by Gasteiger charge is -2.16. The van der Waals surface area contributed by atoms with Crippen molar-refractivity contribution in [2.45, 2.75) is 32.9 Å². The van der Waals surface area contributed by atoms with Crippen molar-refractivity contribution in [3.63, 3.8) is 0 Å². The van der Waals surface area contributed by atoms with Gasteiger partial charge >= 0.3 is 0 Å². The largest absolute Gasteiger partial charge is 0.378 e. The van der Waals surface area contributed by atoms with Gasteiger partial charge in [-0.25, -0.2) is 0 Å². The van der Waals surface area contributed by atoms with Crippen molar-refractivity contribution in [1.82, 2.24) is 5.32 Å². The third-order valence-corrected chi connectivity index (χ3v) is 3.55. The second-order valence-electron chi connectivity index (χ2n) is 4.90. The number of benzene rings is 1. The van der Waals surface area contributed by atoms with Gasteiger partial charge < -0.3 is 15.4 Å². The normalized spacial score (nSPS) is 22.4. The van der Waals surface area contributed by atoms with Gasteiger partial charge in [0.1, 0.15) is 0 Å². The number of anilines is 1. The maximum atomic E-state index is 12.2. The standard InChI is InChI=1S/C15H22N2O2/c1-3-16-10-12-6-4-5-7-14(12)17-15(18)13-8-9-19-11(13)2/h4-7,11,13,16H,3,8-10H2,1-2H3,(H,17,18). The third kappa shape index (κ3) is 3.55. The number of ether oxygens (including phenoxy) is 1. The van der Waals surface area contributed by atoms with Gasteiger partial charge in [-0.15, -0.1) is 0 Å². The van der Waals surface area contributed by atoms with Gasteiger partial charge in [-0.2, -0.15) is 0 Å². The molecule has 0 radical (unpaired) electrons. The van der Waals surface area contributed by atoms with Gasteiger partial charge in [0.2, 0.25) is 5.91 Å². The highest BCUT2D eigenvalue weighted by molar-refractivity contribution is 5.93. The molecule has 1 aliphatic heterocycles. The summed E-state index contributed by atoms with van der Waals surface area (Å²) in [6.45, 7) is 6.39. The topological polar surface area (TPSA) is 50.4 Å². The van der Waals surface area contributed by atoms with Crippen molar-refractivity contribution < 1.29 is 9.53 Å². The predicted octanol–water partition coefficient (Wildman–Crippen LogP) is 2.16. The molecule has 0 bridgehead atoms. The summed E-state index contributed by atoms with van der Waals surface area (Å²) in [4.78, 5) is 12.2. The molecule has 19 heavy (non-hydrogen) atoms. The molecule has 1 fully saturated rings. The second-order valence-corrected chi connectivity index (χ2v) is 4.90. The highest BCUT2D eigenvalue weighted by Gasteiger charge is 2.30. The van der Waals surface area contributed by atoms with E-state index in [9.17, 15) is 4.79 Å². The van der Waals surface area contributed by atoms with E-state index in [2.05, 4.69) is 17.6 Å². The molecule has 0 saturated carbocycles. The molecule has 1 aromatic carbocycles. The monoisotopic (exact) mass is 262 g/mol. The average Bonchev–Trinajstić information content (AvgIpc) is 2.84. The van der Waals surface area contributed by atoms with E-state index in [4.69, 9.17) is 4.74 Å². The summed E-state index contributed by atoms with van der Waals surface area (Å²) in [7, 11) is 0. The Balaban J connectivity index is 2.03. The van der Waals surface area contributed by atoms with Crippen LogP contribution >= 0.6 is 0 Å². The summed E-state index contributed by atoms with van der Waals surface area (Å²) in [5, 5.41) is 6.31. The molecule has 4 nitrogen and oxygen atoms in total. The zero-order valence-electron chi connectivity index (χ0n) is 11.6. The molecule has 2 unspecified atom stereocenters. The molecule has 1 saturated heterocycles. The molecule has 0 spiro atoms. The summed E-state index contributed by atoms with van der Waals surface area (Å²) in [6, 6.07) is 7.92. The molecule has 1 amide bonds. The summed E-state index contributed by atoms with van der Waals surface area (Å²) in [5.74, 6) is 0.0288. The lowest BCUT2D eigenvalue weighted by atomic mass is 10.0. The maximum Gasteiger partial charge on any atom is 0.230 e. The molecule has 2 atom stereocenters. The van der Waals surface area contributed by atoms with Crippen LogP contribution in [0.1, 0.15) is 25.8 Å². The molecule has 4 heteroatoms. The average molecular weight is 262 g/mol. The fourth-order valence-corrected chi connectivity index (χ4v) is 2.36. The quantitative estimate of drug-likeness (QED) is 0.855. The molecular formula is C15H22N2O2. The minimum Gasteiger partial charge on any atom is -0.378 e. The molecule has 0 aromatic heterocycles. The number of para-hydroxylation sites is 1. The zero-order valence-corrected chi connectivity index (χ0v) is 11.6. The smallest absolute Gasteiger partial charge is 0.230 e. The maximum absolute atomic E-state index is 12.2. The lowest BCUT2D eigenvalue weighted by Crippen LogP contribution is -2.28. The van der Waals surface area contributed by atoms with Crippen molar-refractivity contribution in [3.8, 4) is 0 Å². The van der Waals surface area contributed by atoms with Gasteiger partial charge in [0, 0.05) is 18.8 Å². The van der Waals surface area contributed by atoms with Crippen LogP contribution in [0.25, 0.3) is 0 Å². The Kier molecular flexibility index (Phi) is 4.93. The number of hydrogen-bond donors (Lipinski definition) is 2. The Morgan fingerprint density at radius 2 is 2.21 bits per heavy atom. The zero-order chi connectivity index (χ0) is 13.7. The molecule has 0 aliphatic carbocycles. The number of amides is 1. The summed E-state index contributed by atoms with van der Waals surface area (Å²) < 4.78 is 5.45. The minimum absolute atomic E-state index is 0.0147. The molecule has 104 valence electrons. The van der Waals surface area contributed by atoms with E-state index in [1.54, 1.807) is 0 Å². The van der Waals surface area contributed by atoms with E-state index in [0.717, 1.165) is 30.8 Å². The molecule has 2 N–H and O–H groups in total. The first-order chi connectivity index (χ1) is 9.22. The molecule has 2 rings (SSSR count). The first-order valence-corrected chi connectivity index (χ1v) is 6.93. The van der Waals surface area contributed by atoms with Crippen LogP contribution in [-0.4, -0.2) is 25.2 Å². The van der Waals surface area contributed by atoms with Gasteiger partial charge in [0.05, 0.1) is 12.0 Å². The summed E-state index contributed by atoms with van der Waals surface area (Å²) in [6.07, 6.45) is 0.823. The highest BCUT2D eigenvalue weighted by atomic mass is 16.5. The first-order valence-electron chi connectivity index (χ1n) is 6.93. The second kappa shape index (κ2) is 6.68. The van der Waals surface area contributed by atoms with E-state index in [1.165, 1.54) is 0 Å². The Morgan fingerprint density at radius 1 is 1.42 bits per heavy atom. The number of carbonyl (C=O) groups is 1. The SMILES string of the molecule is CCNCc1ccccc1NC(=O)C1CCOC1C. The van der Waals surface area contributed by atoms with Crippen LogP contribution < -0.4 is 10.6 Å². The lowest BCUT2D eigenvalue weighted by molar-refractivity contribution is -0.121. The Hall–Kier alpha value is -1.39. The van der Waals surface area contributed by atoms with Gasteiger partial charge in [-0.1, -0.05) is 25.1 Å². The molecule has 1 aliphatic rings. The van der Waals surface area contributed by atoms with E-state index >= 15 is 0 Å². The van der Waals surface area contributed by atoms with Gasteiger partial charge in [-0.3, -0.25) is 4.79 Å². The Bertz CT molecular complexity index is 434.